The molecule has 2 aromatic heterocycles. The molecule has 9 nitrogen and oxygen atoms in total. The number of nitriles is 1. The first kappa shape index (κ1) is 21.2. The van der Waals surface area contributed by atoms with Gasteiger partial charge in [0, 0.05) is 25.9 Å². The molecule has 0 radical (unpaired) electrons. The Morgan fingerprint density at radius 2 is 1.97 bits per heavy atom. The Kier molecular flexibility index (Phi) is 5.94. The van der Waals surface area contributed by atoms with Gasteiger partial charge in [0.25, 0.3) is 5.89 Å². The molecule has 1 aliphatic rings. The maximum absolute atomic E-state index is 12.9. The summed E-state index contributed by atoms with van der Waals surface area (Å²) >= 11 is 0. The zero-order chi connectivity index (χ0) is 22.7. The standard InChI is InChI=1S/C23H23N5O4/c1-14-5-6-17(25-15(2)29)18(12-14)26-21(30)16-7-9-28(10-8-16)23-19(13-24)27-22(32-23)20-4-3-11-31-20/h3-6,11-12,16H,7-10H2,1-2H3,(H,25,29)(H,26,30). The molecule has 9 heteroatoms. The minimum Gasteiger partial charge on any atom is -0.459 e. The second-order valence-corrected chi connectivity index (χ2v) is 7.74. The molecule has 32 heavy (non-hydrogen) atoms. The normalized spacial score (nSPS) is 14.1. The highest BCUT2D eigenvalue weighted by atomic mass is 16.4. The molecule has 0 bridgehead atoms. The number of oxazole rings is 1. The molecule has 164 valence electrons. The summed E-state index contributed by atoms with van der Waals surface area (Å²) in [6.45, 7) is 4.45. The fraction of sp³-hybridized carbons (Fsp3) is 0.304. The molecular formula is C23H23N5O4. The maximum atomic E-state index is 12.9. The maximum Gasteiger partial charge on any atom is 0.266 e. The number of amides is 2. The Balaban J connectivity index is 1.43. The Bertz CT molecular complexity index is 1170. The summed E-state index contributed by atoms with van der Waals surface area (Å²) in [6, 6.07) is 11.0. The van der Waals surface area contributed by atoms with Crippen LogP contribution in [-0.4, -0.2) is 29.9 Å². The summed E-state index contributed by atoms with van der Waals surface area (Å²) in [5, 5.41) is 15.1. The van der Waals surface area contributed by atoms with Crippen LogP contribution in [0.25, 0.3) is 11.7 Å². The molecule has 0 aliphatic carbocycles. The molecule has 4 rings (SSSR count). The number of nitrogens with zero attached hydrogens (tertiary/aromatic N) is 3. The number of aryl methyl sites for hydroxylation is 1. The van der Waals surface area contributed by atoms with E-state index in [0.29, 0.717) is 49.0 Å². The van der Waals surface area contributed by atoms with Crippen LogP contribution in [-0.2, 0) is 9.59 Å². The van der Waals surface area contributed by atoms with Gasteiger partial charge < -0.3 is 24.4 Å². The van der Waals surface area contributed by atoms with Gasteiger partial charge in [0.2, 0.25) is 23.4 Å². The summed E-state index contributed by atoms with van der Waals surface area (Å²) in [4.78, 5) is 30.5. The van der Waals surface area contributed by atoms with Crippen molar-refractivity contribution in [1.82, 2.24) is 4.98 Å². The van der Waals surface area contributed by atoms with E-state index in [1.807, 2.05) is 24.0 Å². The van der Waals surface area contributed by atoms with Gasteiger partial charge in [-0.25, -0.2) is 0 Å². The number of carbonyl (C=O) groups is 2. The Labute approximate surface area is 185 Å². The number of benzene rings is 1. The number of nitrogens with one attached hydrogen (secondary N) is 2. The average Bonchev–Trinajstić information content (AvgIpc) is 3.45. The van der Waals surface area contributed by atoms with Crippen molar-refractivity contribution in [2.24, 2.45) is 5.92 Å². The number of aromatic nitrogens is 1. The van der Waals surface area contributed by atoms with Gasteiger partial charge in [-0.3, -0.25) is 9.59 Å². The summed E-state index contributed by atoms with van der Waals surface area (Å²) < 4.78 is 11.1. The molecule has 0 atom stereocenters. The Morgan fingerprint density at radius 3 is 2.62 bits per heavy atom. The summed E-state index contributed by atoms with van der Waals surface area (Å²) in [6.07, 6.45) is 2.70. The van der Waals surface area contributed by atoms with Crippen LogP contribution in [0.3, 0.4) is 0 Å². The van der Waals surface area contributed by atoms with Gasteiger partial charge in [-0.2, -0.15) is 10.2 Å². The predicted molar refractivity (Wildman–Crippen MR) is 118 cm³/mol. The third-order valence-corrected chi connectivity index (χ3v) is 5.34. The zero-order valence-electron chi connectivity index (χ0n) is 17.8. The van der Waals surface area contributed by atoms with E-state index < -0.39 is 0 Å². The highest BCUT2D eigenvalue weighted by Gasteiger charge is 2.29. The third-order valence-electron chi connectivity index (χ3n) is 5.34. The van der Waals surface area contributed by atoms with E-state index in [-0.39, 0.29) is 29.3 Å². The molecule has 0 saturated carbocycles. The monoisotopic (exact) mass is 433 g/mol. The highest BCUT2D eigenvalue weighted by Crippen LogP contribution is 2.32. The minimum absolute atomic E-state index is 0.101. The van der Waals surface area contributed by atoms with Gasteiger partial charge in [0.15, 0.2) is 5.76 Å². The van der Waals surface area contributed by atoms with Crippen molar-refractivity contribution in [3.05, 3.63) is 47.9 Å². The molecule has 2 N–H and O–H groups in total. The largest absolute Gasteiger partial charge is 0.459 e. The van der Waals surface area contributed by atoms with E-state index >= 15 is 0 Å². The lowest BCUT2D eigenvalue weighted by atomic mass is 9.95. The van der Waals surface area contributed by atoms with Crippen LogP contribution in [0.1, 0.15) is 31.0 Å². The first-order valence-electron chi connectivity index (χ1n) is 10.3. The zero-order valence-corrected chi connectivity index (χ0v) is 17.8. The quantitative estimate of drug-likeness (QED) is 0.625. The van der Waals surface area contributed by atoms with Gasteiger partial charge in [0.05, 0.1) is 17.6 Å². The highest BCUT2D eigenvalue weighted by molar-refractivity contribution is 5.99. The topological polar surface area (TPSA) is 124 Å². The number of rotatable bonds is 5. The van der Waals surface area contributed by atoms with Crippen LogP contribution in [0.4, 0.5) is 17.3 Å². The number of carbonyl (C=O) groups excluding carboxylic acids is 2. The van der Waals surface area contributed by atoms with Crippen LogP contribution < -0.4 is 15.5 Å². The molecule has 1 fully saturated rings. The lowest BCUT2D eigenvalue weighted by Crippen LogP contribution is -2.38. The predicted octanol–water partition coefficient (Wildman–Crippen LogP) is 3.93. The Hall–Kier alpha value is -4.06. The SMILES string of the molecule is CC(=O)Nc1ccc(C)cc1NC(=O)C1CCN(c2oc(-c3ccco3)nc2C#N)CC1. The molecule has 2 amide bonds. The van der Waals surface area contributed by atoms with Crippen molar-refractivity contribution >= 4 is 29.1 Å². The van der Waals surface area contributed by atoms with E-state index in [4.69, 9.17) is 8.83 Å². The van der Waals surface area contributed by atoms with E-state index in [2.05, 4.69) is 21.7 Å². The van der Waals surface area contributed by atoms with Gasteiger partial charge in [-0.05, 0) is 49.6 Å². The lowest BCUT2D eigenvalue weighted by Gasteiger charge is -2.31. The molecule has 0 spiro atoms. The fourth-order valence-electron chi connectivity index (χ4n) is 3.74. The molecule has 1 aliphatic heterocycles. The fourth-order valence-corrected chi connectivity index (χ4v) is 3.74. The molecule has 1 aromatic carbocycles. The first-order valence-corrected chi connectivity index (χ1v) is 10.3. The summed E-state index contributed by atoms with van der Waals surface area (Å²) in [7, 11) is 0. The van der Waals surface area contributed by atoms with Crippen molar-refractivity contribution in [1.29, 1.82) is 5.26 Å². The summed E-state index contributed by atoms with van der Waals surface area (Å²) in [5.41, 5.74) is 2.32. The number of hydrogen-bond acceptors (Lipinski definition) is 7. The van der Waals surface area contributed by atoms with Crippen LogP contribution in [0, 0.1) is 24.2 Å². The van der Waals surface area contributed by atoms with E-state index in [0.717, 1.165) is 5.56 Å². The van der Waals surface area contributed by atoms with Crippen LogP contribution >= 0.6 is 0 Å². The van der Waals surface area contributed by atoms with Crippen molar-refractivity contribution < 1.29 is 18.4 Å². The van der Waals surface area contributed by atoms with Gasteiger partial charge in [-0.1, -0.05) is 6.07 Å². The van der Waals surface area contributed by atoms with Crippen LogP contribution in [0.5, 0.6) is 0 Å². The lowest BCUT2D eigenvalue weighted by molar-refractivity contribution is -0.120. The third kappa shape index (κ3) is 4.49. The molecule has 0 unspecified atom stereocenters. The Morgan fingerprint density at radius 1 is 1.19 bits per heavy atom. The number of hydrogen-bond donors (Lipinski definition) is 2. The minimum atomic E-state index is -0.202. The van der Waals surface area contributed by atoms with E-state index in [9.17, 15) is 14.9 Å². The average molecular weight is 433 g/mol. The van der Waals surface area contributed by atoms with Crippen molar-refractivity contribution in [3.8, 4) is 17.7 Å². The smallest absolute Gasteiger partial charge is 0.266 e. The second kappa shape index (κ2) is 8.98. The van der Waals surface area contributed by atoms with Gasteiger partial charge in [-0.15, -0.1) is 0 Å². The number of piperidine rings is 1. The summed E-state index contributed by atoms with van der Waals surface area (Å²) in [5.74, 6) is 0.601. The van der Waals surface area contributed by atoms with Crippen molar-refractivity contribution in [2.45, 2.75) is 26.7 Å². The van der Waals surface area contributed by atoms with E-state index in [1.54, 1.807) is 18.2 Å². The van der Waals surface area contributed by atoms with Crippen LogP contribution in [0.2, 0.25) is 0 Å². The first-order chi connectivity index (χ1) is 15.4. The van der Waals surface area contributed by atoms with Gasteiger partial charge >= 0.3 is 0 Å². The van der Waals surface area contributed by atoms with Crippen molar-refractivity contribution in [2.75, 3.05) is 28.6 Å². The van der Waals surface area contributed by atoms with E-state index in [1.165, 1.54) is 13.2 Å². The number of furan rings is 1. The molecule has 3 heterocycles. The molecule has 3 aromatic rings. The second-order valence-electron chi connectivity index (χ2n) is 7.74. The van der Waals surface area contributed by atoms with Crippen LogP contribution in [0.15, 0.2) is 45.4 Å². The molecule has 1 saturated heterocycles. The van der Waals surface area contributed by atoms with Crippen molar-refractivity contribution in [3.63, 3.8) is 0 Å². The van der Waals surface area contributed by atoms with Gasteiger partial charge in [0.1, 0.15) is 6.07 Å². The molecular weight excluding hydrogens is 410 g/mol. The number of anilines is 3.